The number of hydrogen-bond donors (Lipinski definition) is 0. The third kappa shape index (κ3) is 3.25. The van der Waals surface area contributed by atoms with Crippen molar-refractivity contribution >= 4 is 17.2 Å². The topological polar surface area (TPSA) is 55.2 Å². The molecule has 0 fully saturated rings. The predicted molar refractivity (Wildman–Crippen MR) is 97.4 cm³/mol. The van der Waals surface area contributed by atoms with Crippen molar-refractivity contribution in [3.05, 3.63) is 75.4 Å². The van der Waals surface area contributed by atoms with Crippen LogP contribution >= 0.6 is 11.3 Å². The zero-order chi connectivity index (χ0) is 17.2. The molecule has 4 rings (SSSR count). The van der Waals surface area contributed by atoms with Crippen LogP contribution in [0.5, 0.6) is 0 Å². The maximum absolute atomic E-state index is 12.7. The third-order valence-corrected chi connectivity index (χ3v) is 5.30. The van der Waals surface area contributed by atoms with E-state index in [1.807, 2.05) is 29.6 Å². The molecule has 0 spiro atoms. The van der Waals surface area contributed by atoms with Gasteiger partial charge in [-0.05, 0) is 35.1 Å². The van der Waals surface area contributed by atoms with Gasteiger partial charge in [0.05, 0.1) is 4.88 Å². The second kappa shape index (κ2) is 6.64. The van der Waals surface area contributed by atoms with Crippen LogP contribution in [-0.4, -0.2) is 27.1 Å². The number of thiophene rings is 1. The minimum atomic E-state index is -0.258. The predicted octanol–water partition coefficient (Wildman–Crippen LogP) is 2.56. The standard InChI is InChI=1S/C19H17N3O2S/c23-18-8-7-16(17-6-3-11-25-17)20-22(18)13-19(24)21-10-9-14-4-1-2-5-15(14)12-21/h1-8,11H,9-10,12-13H2. The smallest absolute Gasteiger partial charge is 0.267 e. The first-order valence-electron chi connectivity index (χ1n) is 8.17. The number of aromatic nitrogens is 2. The summed E-state index contributed by atoms with van der Waals surface area (Å²) >= 11 is 1.56. The highest BCUT2D eigenvalue weighted by atomic mass is 32.1. The van der Waals surface area contributed by atoms with E-state index in [4.69, 9.17) is 0 Å². The molecule has 25 heavy (non-hydrogen) atoms. The Bertz CT molecular complexity index is 963. The summed E-state index contributed by atoms with van der Waals surface area (Å²) in [4.78, 5) is 27.5. The van der Waals surface area contributed by atoms with Gasteiger partial charge in [0.1, 0.15) is 12.2 Å². The Kier molecular flexibility index (Phi) is 4.19. The second-order valence-electron chi connectivity index (χ2n) is 6.03. The highest BCUT2D eigenvalue weighted by Gasteiger charge is 2.21. The van der Waals surface area contributed by atoms with Gasteiger partial charge in [-0.1, -0.05) is 30.3 Å². The van der Waals surface area contributed by atoms with E-state index in [1.54, 1.807) is 22.3 Å². The lowest BCUT2D eigenvalue weighted by Gasteiger charge is -2.28. The summed E-state index contributed by atoms with van der Waals surface area (Å²) in [6, 6.07) is 15.2. The monoisotopic (exact) mass is 351 g/mol. The minimum absolute atomic E-state index is 0.0276. The fraction of sp³-hybridized carbons (Fsp3) is 0.211. The number of amides is 1. The van der Waals surface area contributed by atoms with Gasteiger partial charge in [0, 0.05) is 19.2 Å². The van der Waals surface area contributed by atoms with Crippen LogP contribution in [0.15, 0.2) is 58.7 Å². The molecule has 5 nitrogen and oxygen atoms in total. The van der Waals surface area contributed by atoms with Crippen LogP contribution in [0.3, 0.4) is 0 Å². The van der Waals surface area contributed by atoms with Crippen molar-refractivity contribution < 1.29 is 4.79 Å². The Morgan fingerprint density at radius 2 is 1.92 bits per heavy atom. The number of carbonyl (C=O) groups excluding carboxylic acids is 1. The maximum Gasteiger partial charge on any atom is 0.267 e. The molecule has 1 amide bonds. The van der Waals surface area contributed by atoms with Crippen LogP contribution in [0, 0.1) is 0 Å². The van der Waals surface area contributed by atoms with E-state index in [2.05, 4.69) is 17.2 Å². The Morgan fingerprint density at radius 3 is 2.72 bits per heavy atom. The summed E-state index contributed by atoms with van der Waals surface area (Å²) in [7, 11) is 0. The Balaban J connectivity index is 1.53. The quantitative estimate of drug-likeness (QED) is 0.729. The molecule has 126 valence electrons. The molecule has 3 heterocycles. The van der Waals surface area contributed by atoms with Gasteiger partial charge in [-0.2, -0.15) is 5.10 Å². The lowest BCUT2D eigenvalue weighted by molar-refractivity contribution is -0.133. The molecule has 0 N–H and O–H groups in total. The molecule has 1 aliphatic heterocycles. The van der Waals surface area contributed by atoms with Crippen molar-refractivity contribution in [1.29, 1.82) is 0 Å². The fourth-order valence-corrected chi connectivity index (χ4v) is 3.75. The molecule has 0 aliphatic carbocycles. The van der Waals surface area contributed by atoms with Gasteiger partial charge < -0.3 is 4.90 Å². The van der Waals surface area contributed by atoms with E-state index < -0.39 is 0 Å². The van der Waals surface area contributed by atoms with Crippen LogP contribution in [-0.2, 0) is 24.3 Å². The van der Waals surface area contributed by atoms with Gasteiger partial charge in [-0.3, -0.25) is 9.59 Å². The zero-order valence-electron chi connectivity index (χ0n) is 13.6. The molecular formula is C19H17N3O2S. The Labute approximate surface area is 149 Å². The van der Waals surface area contributed by atoms with Crippen LogP contribution in [0.25, 0.3) is 10.6 Å². The van der Waals surface area contributed by atoms with Crippen LogP contribution in [0.1, 0.15) is 11.1 Å². The molecule has 1 aromatic carbocycles. The molecule has 0 unspecified atom stereocenters. The molecule has 0 bridgehead atoms. The van der Waals surface area contributed by atoms with E-state index in [1.165, 1.54) is 21.9 Å². The molecule has 6 heteroatoms. The number of hydrogen-bond acceptors (Lipinski definition) is 4. The van der Waals surface area contributed by atoms with Gasteiger partial charge in [-0.15, -0.1) is 11.3 Å². The third-order valence-electron chi connectivity index (χ3n) is 4.41. The van der Waals surface area contributed by atoms with Crippen molar-refractivity contribution in [1.82, 2.24) is 14.7 Å². The molecule has 0 saturated carbocycles. The zero-order valence-corrected chi connectivity index (χ0v) is 14.4. The number of benzene rings is 1. The lowest BCUT2D eigenvalue weighted by Crippen LogP contribution is -2.40. The summed E-state index contributed by atoms with van der Waals surface area (Å²) in [6.07, 6.45) is 0.847. The molecule has 0 atom stereocenters. The number of carbonyl (C=O) groups is 1. The van der Waals surface area contributed by atoms with Crippen molar-refractivity contribution in [2.24, 2.45) is 0 Å². The van der Waals surface area contributed by atoms with Gasteiger partial charge in [0.15, 0.2) is 0 Å². The normalized spacial score (nSPS) is 13.5. The number of rotatable bonds is 3. The van der Waals surface area contributed by atoms with Crippen molar-refractivity contribution in [2.45, 2.75) is 19.5 Å². The van der Waals surface area contributed by atoms with Crippen molar-refractivity contribution in [3.63, 3.8) is 0 Å². The molecule has 0 saturated heterocycles. The molecule has 3 aromatic rings. The summed E-state index contributed by atoms with van der Waals surface area (Å²) in [5.74, 6) is -0.0765. The SMILES string of the molecule is O=C(Cn1nc(-c2cccs2)ccc1=O)N1CCc2ccccc2C1. The van der Waals surface area contributed by atoms with Crippen molar-refractivity contribution in [3.8, 4) is 10.6 Å². The number of nitrogens with zero attached hydrogens (tertiary/aromatic N) is 3. The summed E-state index contributed by atoms with van der Waals surface area (Å²) in [5.41, 5.74) is 2.92. The van der Waals surface area contributed by atoms with E-state index >= 15 is 0 Å². The highest BCUT2D eigenvalue weighted by Crippen LogP contribution is 2.21. The summed E-state index contributed by atoms with van der Waals surface area (Å²) in [5, 5.41) is 6.32. The lowest BCUT2D eigenvalue weighted by atomic mass is 10.00. The molecule has 1 aliphatic rings. The first-order chi connectivity index (χ1) is 12.2. The highest BCUT2D eigenvalue weighted by molar-refractivity contribution is 7.13. The number of fused-ring (bicyclic) bond motifs is 1. The average molecular weight is 351 g/mol. The van der Waals surface area contributed by atoms with Crippen LogP contribution < -0.4 is 5.56 Å². The minimum Gasteiger partial charge on any atom is -0.336 e. The molecule has 2 aromatic heterocycles. The Hall–Kier alpha value is -2.73. The molecular weight excluding hydrogens is 334 g/mol. The van der Waals surface area contributed by atoms with Crippen LogP contribution in [0.2, 0.25) is 0 Å². The van der Waals surface area contributed by atoms with Gasteiger partial charge in [-0.25, -0.2) is 4.68 Å². The summed E-state index contributed by atoms with van der Waals surface area (Å²) < 4.78 is 1.26. The average Bonchev–Trinajstić information content (AvgIpc) is 3.18. The fourth-order valence-electron chi connectivity index (χ4n) is 3.05. The summed E-state index contributed by atoms with van der Waals surface area (Å²) in [6.45, 7) is 1.24. The van der Waals surface area contributed by atoms with E-state index in [9.17, 15) is 9.59 Å². The van der Waals surface area contributed by atoms with E-state index in [0.717, 1.165) is 11.3 Å². The van der Waals surface area contributed by atoms with Crippen molar-refractivity contribution in [2.75, 3.05) is 6.54 Å². The van der Waals surface area contributed by atoms with E-state index in [-0.39, 0.29) is 18.0 Å². The van der Waals surface area contributed by atoms with Gasteiger partial charge in [0.2, 0.25) is 5.91 Å². The van der Waals surface area contributed by atoms with Gasteiger partial charge in [0.25, 0.3) is 5.56 Å². The second-order valence-corrected chi connectivity index (χ2v) is 6.97. The largest absolute Gasteiger partial charge is 0.336 e. The molecule has 0 radical (unpaired) electrons. The first-order valence-corrected chi connectivity index (χ1v) is 9.05. The van der Waals surface area contributed by atoms with E-state index in [0.29, 0.717) is 18.8 Å². The first kappa shape index (κ1) is 15.8. The maximum atomic E-state index is 12.7. The Morgan fingerprint density at radius 1 is 1.08 bits per heavy atom. The van der Waals surface area contributed by atoms with Crippen LogP contribution in [0.4, 0.5) is 0 Å². The van der Waals surface area contributed by atoms with Gasteiger partial charge >= 0.3 is 0 Å².